The Bertz CT molecular complexity index is 381. The molecule has 0 aliphatic heterocycles. The van der Waals surface area contributed by atoms with Crippen molar-refractivity contribution < 1.29 is 0 Å². The standard InChI is InChI=1S/C8H18.C7H4.C6H14.C5H12/c1-5-8(4,6-2)7-3;1-3-5-7-6-4-2;1-4-6(3)5-2;1-3-5-4-2/h5-7H2,1-4H3;1H,2H3;6H,4-5H2,1-3H3;3-5H2,1-2H3. The van der Waals surface area contributed by atoms with Gasteiger partial charge >= 0.3 is 0 Å². The van der Waals surface area contributed by atoms with Crippen molar-refractivity contribution in [2.24, 2.45) is 11.3 Å². The van der Waals surface area contributed by atoms with Crippen LogP contribution in [0.4, 0.5) is 0 Å². The lowest BCUT2D eigenvalue weighted by molar-refractivity contribution is 0.286. The second kappa shape index (κ2) is 28.5. The van der Waals surface area contributed by atoms with Crippen LogP contribution in [0.5, 0.6) is 0 Å². The lowest BCUT2D eigenvalue weighted by Gasteiger charge is -2.23. The Morgan fingerprint density at radius 2 is 1.19 bits per heavy atom. The molecular weight excluding hydrogens is 312 g/mol. The van der Waals surface area contributed by atoms with E-state index in [1.165, 1.54) is 51.4 Å². The number of hydrogen-bond donors (Lipinski definition) is 0. The van der Waals surface area contributed by atoms with Crippen molar-refractivity contribution in [3.63, 3.8) is 0 Å². The van der Waals surface area contributed by atoms with Crippen molar-refractivity contribution in [2.45, 2.75) is 121 Å². The van der Waals surface area contributed by atoms with Gasteiger partial charge in [-0.1, -0.05) is 120 Å². The molecule has 0 radical (unpaired) electrons. The molecule has 0 aromatic carbocycles. The molecular formula is C26H48. The molecule has 26 heavy (non-hydrogen) atoms. The molecule has 0 spiro atoms. The van der Waals surface area contributed by atoms with Crippen molar-refractivity contribution in [1.29, 1.82) is 0 Å². The predicted octanol–water partition coefficient (Wildman–Crippen LogP) is 8.51. The summed E-state index contributed by atoms with van der Waals surface area (Å²) >= 11 is 0. The maximum atomic E-state index is 4.78. The first-order valence-electron chi connectivity index (χ1n) is 10.7. The largest absolute Gasteiger partial charge is 0.106 e. The summed E-state index contributed by atoms with van der Waals surface area (Å²) in [5.74, 6) is 12.9. The number of rotatable bonds is 7. The van der Waals surface area contributed by atoms with Crippen LogP contribution in [0.25, 0.3) is 0 Å². The number of terminal acetylenes is 1. The Labute approximate surface area is 168 Å². The lowest BCUT2D eigenvalue weighted by Crippen LogP contribution is -2.10. The summed E-state index contributed by atoms with van der Waals surface area (Å²) in [4.78, 5) is 0. The fourth-order valence-corrected chi connectivity index (χ4v) is 1.52. The minimum absolute atomic E-state index is 0.625. The molecule has 0 aliphatic carbocycles. The highest BCUT2D eigenvalue weighted by molar-refractivity contribution is 5.33. The Kier molecular flexibility index (Phi) is 35.4. The second-order valence-corrected chi connectivity index (χ2v) is 6.92. The SMILES string of the molecule is C#CC#CC#CC.CCC(C)(CC)CC.CCC(C)CC.CCCCC. The van der Waals surface area contributed by atoms with E-state index in [9.17, 15) is 0 Å². The van der Waals surface area contributed by atoms with E-state index in [1.54, 1.807) is 6.92 Å². The van der Waals surface area contributed by atoms with Crippen LogP contribution < -0.4 is 0 Å². The predicted molar refractivity (Wildman–Crippen MR) is 124 cm³/mol. The van der Waals surface area contributed by atoms with Crippen LogP contribution in [-0.4, -0.2) is 0 Å². The van der Waals surface area contributed by atoms with Crippen LogP contribution in [0.1, 0.15) is 121 Å². The van der Waals surface area contributed by atoms with E-state index in [2.05, 4.69) is 91.9 Å². The van der Waals surface area contributed by atoms with Gasteiger partial charge in [0.25, 0.3) is 0 Å². The summed E-state index contributed by atoms with van der Waals surface area (Å²) in [5, 5.41) is 0. The fraction of sp³-hybridized carbons (Fsp3) is 0.769. The Morgan fingerprint density at radius 3 is 1.31 bits per heavy atom. The third-order valence-corrected chi connectivity index (χ3v) is 4.98. The first kappa shape index (κ1) is 32.4. The second-order valence-electron chi connectivity index (χ2n) is 6.92. The van der Waals surface area contributed by atoms with Gasteiger partial charge < -0.3 is 0 Å². The molecule has 152 valence electrons. The molecule has 0 unspecified atom stereocenters. The van der Waals surface area contributed by atoms with Gasteiger partial charge in [0, 0.05) is 0 Å². The molecule has 0 saturated carbocycles. The van der Waals surface area contributed by atoms with Gasteiger partial charge in [-0.2, -0.15) is 0 Å². The summed E-state index contributed by atoms with van der Waals surface area (Å²) in [7, 11) is 0. The molecule has 0 N–H and O–H groups in total. The van der Waals surface area contributed by atoms with Crippen LogP contribution in [-0.2, 0) is 0 Å². The molecule has 0 bridgehead atoms. The quantitative estimate of drug-likeness (QED) is 0.399. The van der Waals surface area contributed by atoms with Gasteiger partial charge in [-0.3, -0.25) is 0 Å². The average Bonchev–Trinajstić information content (AvgIpc) is 2.69. The third-order valence-electron chi connectivity index (χ3n) is 4.98. The minimum Gasteiger partial charge on any atom is -0.106 e. The highest BCUT2D eigenvalue weighted by Crippen LogP contribution is 2.28. The van der Waals surface area contributed by atoms with E-state index >= 15 is 0 Å². The lowest BCUT2D eigenvalue weighted by atomic mass is 9.82. The Morgan fingerprint density at radius 1 is 0.769 bits per heavy atom. The molecule has 0 heteroatoms. The van der Waals surface area contributed by atoms with E-state index in [0.29, 0.717) is 5.41 Å². The van der Waals surface area contributed by atoms with Gasteiger partial charge in [0.15, 0.2) is 0 Å². The Hall–Kier alpha value is -1.32. The van der Waals surface area contributed by atoms with Gasteiger partial charge in [-0.15, -0.1) is 6.42 Å². The Balaban J connectivity index is -0.000000126. The summed E-state index contributed by atoms with van der Waals surface area (Å²) < 4.78 is 0. The molecule has 0 nitrogen and oxygen atoms in total. The highest BCUT2D eigenvalue weighted by atomic mass is 14.2. The normalized spacial score (nSPS) is 8.54. The van der Waals surface area contributed by atoms with Crippen LogP contribution in [0.2, 0.25) is 0 Å². The zero-order valence-electron chi connectivity index (χ0n) is 19.8. The fourth-order valence-electron chi connectivity index (χ4n) is 1.52. The summed E-state index contributed by atoms with van der Waals surface area (Å²) in [6.45, 7) is 22.0. The van der Waals surface area contributed by atoms with Crippen molar-refractivity contribution in [3.05, 3.63) is 0 Å². The van der Waals surface area contributed by atoms with Gasteiger partial charge in [0.05, 0.1) is 0 Å². The third kappa shape index (κ3) is 34.1. The topological polar surface area (TPSA) is 0 Å². The van der Waals surface area contributed by atoms with Crippen LogP contribution >= 0.6 is 0 Å². The number of unbranched alkanes of at least 4 members (excludes halogenated alkanes) is 2. The van der Waals surface area contributed by atoms with Gasteiger partial charge in [-0.25, -0.2) is 0 Å². The van der Waals surface area contributed by atoms with Gasteiger partial charge in [-0.05, 0) is 41.9 Å². The van der Waals surface area contributed by atoms with Crippen molar-refractivity contribution in [3.8, 4) is 36.0 Å². The molecule has 0 aliphatic rings. The molecule has 0 aromatic heterocycles. The molecule has 0 aromatic rings. The van der Waals surface area contributed by atoms with E-state index in [4.69, 9.17) is 6.42 Å². The van der Waals surface area contributed by atoms with Crippen LogP contribution in [0, 0.1) is 47.4 Å². The number of hydrogen-bond acceptors (Lipinski definition) is 0. The maximum Gasteiger partial charge on any atom is -0.00108 e. The van der Waals surface area contributed by atoms with Crippen LogP contribution in [0.3, 0.4) is 0 Å². The van der Waals surface area contributed by atoms with Crippen molar-refractivity contribution >= 4 is 0 Å². The monoisotopic (exact) mass is 360 g/mol. The van der Waals surface area contributed by atoms with Crippen LogP contribution in [0.15, 0.2) is 0 Å². The van der Waals surface area contributed by atoms with Crippen molar-refractivity contribution in [2.75, 3.05) is 0 Å². The van der Waals surface area contributed by atoms with E-state index in [-0.39, 0.29) is 0 Å². The first-order chi connectivity index (χ1) is 12.3. The van der Waals surface area contributed by atoms with E-state index in [1.807, 2.05) is 0 Å². The maximum absolute atomic E-state index is 4.78. The zero-order valence-corrected chi connectivity index (χ0v) is 19.8. The summed E-state index contributed by atoms with van der Waals surface area (Å²) in [5.41, 5.74) is 0.625. The zero-order chi connectivity index (χ0) is 21.3. The van der Waals surface area contributed by atoms with Crippen molar-refractivity contribution in [1.82, 2.24) is 0 Å². The molecule has 0 saturated heterocycles. The van der Waals surface area contributed by atoms with Gasteiger partial charge in [0.2, 0.25) is 0 Å². The smallest absolute Gasteiger partial charge is 0.00108 e. The molecule has 0 heterocycles. The van der Waals surface area contributed by atoms with E-state index < -0.39 is 0 Å². The average molecular weight is 361 g/mol. The van der Waals surface area contributed by atoms with Gasteiger partial charge in [0.1, 0.15) is 0 Å². The van der Waals surface area contributed by atoms with E-state index in [0.717, 1.165) is 5.92 Å². The minimum atomic E-state index is 0.625. The molecule has 0 fully saturated rings. The molecule has 0 atom stereocenters. The first-order valence-corrected chi connectivity index (χ1v) is 10.7. The summed E-state index contributed by atoms with van der Waals surface area (Å²) in [6.07, 6.45) is 15.5. The summed E-state index contributed by atoms with van der Waals surface area (Å²) in [6, 6.07) is 0. The highest BCUT2D eigenvalue weighted by Gasteiger charge is 2.15. The molecule has 0 rings (SSSR count). The molecule has 0 amide bonds.